The van der Waals surface area contributed by atoms with Gasteiger partial charge in [-0.2, -0.15) is 0 Å². The number of fused-ring (bicyclic) bond motifs is 2. The van der Waals surface area contributed by atoms with Crippen molar-refractivity contribution >= 4 is 22.6 Å². The molecule has 0 radical (unpaired) electrons. The van der Waals surface area contributed by atoms with Crippen LogP contribution in [0.2, 0.25) is 0 Å². The minimum Gasteiger partial charge on any atom is -0.306 e. The van der Waals surface area contributed by atoms with E-state index in [2.05, 4.69) is 23.2 Å². The molecule has 0 aliphatic carbocycles. The molecule has 0 unspecified atom stereocenters. The van der Waals surface area contributed by atoms with Crippen LogP contribution in [-0.4, -0.2) is 26.6 Å². The highest BCUT2D eigenvalue weighted by atomic mass is 16.2. The fourth-order valence-corrected chi connectivity index (χ4v) is 4.51. The molecule has 4 aromatic rings. The number of hydrogen-bond acceptors (Lipinski definition) is 4. The van der Waals surface area contributed by atoms with E-state index in [-0.39, 0.29) is 17.2 Å². The number of carbonyl (C=O) groups excluding carboxylic acids is 1. The Bertz CT molecular complexity index is 1520. The van der Waals surface area contributed by atoms with Gasteiger partial charge in [0.2, 0.25) is 0 Å². The zero-order chi connectivity index (χ0) is 22.6. The van der Waals surface area contributed by atoms with Crippen LogP contribution in [0, 0.1) is 6.92 Å². The summed E-state index contributed by atoms with van der Waals surface area (Å²) in [5.41, 5.74) is 4.40. The summed E-state index contributed by atoms with van der Waals surface area (Å²) in [5, 5.41) is 0.347. The number of hydrogen-bond donors (Lipinski definition) is 0. The van der Waals surface area contributed by atoms with Crippen LogP contribution >= 0.6 is 0 Å². The van der Waals surface area contributed by atoms with Gasteiger partial charge in [-0.15, -0.1) is 0 Å². The molecule has 1 aliphatic rings. The van der Waals surface area contributed by atoms with Gasteiger partial charge in [0.05, 0.1) is 5.39 Å². The molecule has 5 rings (SSSR count). The zero-order valence-electron chi connectivity index (χ0n) is 18.1. The minimum absolute atomic E-state index is 0.219. The number of anilines is 1. The summed E-state index contributed by atoms with van der Waals surface area (Å²) in [4.78, 5) is 44.7. The van der Waals surface area contributed by atoms with Gasteiger partial charge >= 0.3 is 5.69 Å². The third kappa shape index (κ3) is 2.89. The first-order chi connectivity index (χ1) is 15.4. The fraction of sp³-hybridized carbons (Fsp3) is 0.200. The number of benzene rings is 2. The molecule has 0 spiro atoms. The smallest absolute Gasteiger partial charge is 0.306 e. The summed E-state index contributed by atoms with van der Waals surface area (Å²) in [6, 6.07) is 17.7. The van der Waals surface area contributed by atoms with E-state index in [0.29, 0.717) is 17.5 Å². The highest BCUT2D eigenvalue weighted by molar-refractivity contribution is 6.07. The van der Waals surface area contributed by atoms with Gasteiger partial charge < -0.3 is 4.90 Å². The number of pyridine rings is 1. The molecule has 7 nitrogen and oxygen atoms in total. The van der Waals surface area contributed by atoms with E-state index in [1.54, 1.807) is 24.9 Å². The number of aromatic nitrogens is 3. The van der Waals surface area contributed by atoms with Gasteiger partial charge in [0.1, 0.15) is 11.3 Å². The zero-order valence-corrected chi connectivity index (χ0v) is 18.1. The van der Waals surface area contributed by atoms with Crippen LogP contribution in [-0.2, 0) is 20.5 Å². The molecule has 0 N–H and O–H groups in total. The lowest BCUT2D eigenvalue weighted by Gasteiger charge is -2.18. The van der Waals surface area contributed by atoms with E-state index in [9.17, 15) is 14.4 Å². The van der Waals surface area contributed by atoms with Crippen molar-refractivity contribution in [2.75, 3.05) is 11.4 Å². The van der Waals surface area contributed by atoms with Crippen molar-refractivity contribution in [3.8, 4) is 11.1 Å². The average Bonchev–Trinajstić information content (AvgIpc) is 3.25. The molecular formula is C25H22N4O3. The lowest BCUT2D eigenvalue weighted by molar-refractivity contribution is 0.0985. The summed E-state index contributed by atoms with van der Waals surface area (Å²) in [7, 11) is 3.00. The van der Waals surface area contributed by atoms with Gasteiger partial charge in [-0.05, 0) is 47.7 Å². The van der Waals surface area contributed by atoms with E-state index in [1.165, 1.54) is 11.6 Å². The van der Waals surface area contributed by atoms with E-state index < -0.39 is 11.2 Å². The van der Waals surface area contributed by atoms with Crippen molar-refractivity contribution in [2.45, 2.75) is 13.3 Å². The predicted molar refractivity (Wildman–Crippen MR) is 124 cm³/mol. The van der Waals surface area contributed by atoms with Crippen molar-refractivity contribution in [3.63, 3.8) is 0 Å². The summed E-state index contributed by atoms with van der Waals surface area (Å²) < 4.78 is 2.37. The van der Waals surface area contributed by atoms with Gasteiger partial charge in [-0.3, -0.25) is 18.7 Å². The lowest BCUT2D eigenvalue weighted by Crippen LogP contribution is -2.38. The number of nitrogens with zero attached hydrogens (tertiary/aromatic N) is 4. The first-order valence-electron chi connectivity index (χ1n) is 10.4. The molecule has 0 saturated heterocycles. The Labute approximate surface area is 184 Å². The Balaban J connectivity index is 1.62. The molecule has 32 heavy (non-hydrogen) atoms. The Morgan fingerprint density at radius 2 is 1.72 bits per heavy atom. The summed E-state index contributed by atoms with van der Waals surface area (Å²) in [6.45, 7) is 2.31. The molecule has 2 aromatic heterocycles. The molecule has 0 bridgehead atoms. The summed E-state index contributed by atoms with van der Waals surface area (Å²) in [6.07, 6.45) is 0.748. The van der Waals surface area contributed by atoms with Crippen LogP contribution < -0.4 is 16.1 Å². The fourth-order valence-electron chi connectivity index (χ4n) is 4.51. The van der Waals surface area contributed by atoms with Crippen LogP contribution in [0.3, 0.4) is 0 Å². The monoisotopic (exact) mass is 426 g/mol. The van der Waals surface area contributed by atoms with Gasteiger partial charge in [0.15, 0.2) is 0 Å². The number of amides is 1. The second-order valence-corrected chi connectivity index (χ2v) is 8.10. The third-order valence-electron chi connectivity index (χ3n) is 6.18. The van der Waals surface area contributed by atoms with Crippen LogP contribution in [0.25, 0.3) is 22.2 Å². The first-order valence-corrected chi connectivity index (χ1v) is 10.4. The number of rotatable bonds is 2. The molecule has 0 fully saturated rings. The standard InChI is InChI=1S/C25H22N4O3/c1-15-14-19(26-22-21(15)24(31)28(3)25(32)27(22)2)23(30)29-13-12-18-17(10-7-11-20(18)29)16-8-5-4-6-9-16/h4-11,14H,12-13H2,1-3H3. The van der Waals surface area contributed by atoms with E-state index in [0.717, 1.165) is 33.4 Å². The average molecular weight is 426 g/mol. The van der Waals surface area contributed by atoms with Gasteiger partial charge in [0.25, 0.3) is 11.5 Å². The predicted octanol–water partition coefficient (Wildman–Crippen LogP) is 2.81. The quantitative estimate of drug-likeness (QED) is 0.494. The van der Waals surface area contributed by atoms with Crippen molar-refractivity contribution < 1.29 is 4.79 Å². The van der Waals surface area contributed by atoms with Gasteiger partial charge in [-0.25, -0.2) is 9.78 Å². The van der Waals surface area contributed by atoms with Crippen molar-refractivity contribution in [1.82, 2.24) is 14.1 Å². The second-order valence-electron chi connectivity index (χ2n) is 8.10. The second kappa shape index (κ2) is 7.30. The third-order valence-corrected chi connectivity index (χ3v) is 6.18. The maximum absolute atomic E-state index is 13.5. The van der Waals surface area contributed by atoms with Gasteiger partial charge in [0, 0.05) is 26.3 Å². The van der Waals surface area contributed by atoms with Crippen LogP contribution in [0.15, 0.2) is 64.2 Å². The van der Waals surface area contributed by atoms with Crippen LogP contribution in [0.1, 0.15) is 21.6 Å². The number of aryl methyl sites for hydroxylation is 2. The molecule has 0 saturated carbocycles. The molecule has 7 heteroatoms. The molecule has 0 atom stereocenters. The Morgan fingerprint density at radius 3 is 2.47 bits per heavy atom. The minimum atomic E-state index is -0.474. The Kier molecular flexibility index (Phi) is 4.55. The largest absolute Gasteiger partial charge is 0.332 e. The molecule has 3 heterocycles. The Morgan fingerprint density at radius 1 is 0.969 bits per heavy atom. The molecular weight excluding hydrogens is 404 g/mol. The van der Waals surface area contributed by atoms with Crippen molar-refractivity contribution in [1.29, 1.82) is 0 Å². The van der Waals surface area contributed by atoms with E-state index >= 15 is 0 Å². The highest BCUT2D eigenvalue weighted by Crippen LogP contribution is 2.36. The van der Waals surface area contributed by atoms with E-state index in [1.807, 2.05) is 30.3 Å². The maximum Gasteiger partial charge on any atom is 0.332 e. The molecule has 1 amide bonds. The maximum atomic E-state index is 13.5. The van der Waals surface area contributed by atoms with E-state index in [4.69, 9.17) is 0 Å². The van der Waals surface area contributed by atoms with Crippen LogP contribution in [0.4, 0.5) is 5.69 Å². The summed E-state index contributed by atoms with van der Waals surface area (Å²) >= 11 is 0. The van der Waals surface area contributed by atoms with Crippen LogP contribution in [0.5, 0.6) is 0 Å². The van der Waals surface area contributed by atoms with Gasteiger partial charge in [-0.1, -0.05) is 42.5 Å². The van der Waals surface area contributed by atoms with Crippen molar-refractivity contribution in [3.05, 3.63) is 92.3 Å². The molecule has 160 valence electrons. The highest BCUT2D eigenvalue weighted by Gasteiger charge is 2.29. The lowest BCUT2D eigenvalue weighted by atomic mass is 9.98. The first kappa shape index (κ1) is 19.9. The Hall–Kier alpha value is -4.00. The SMILES string of the molecule is Cc1cc(C(=O)N2CCc3c(-c4ccccc4)cccc32)nc2c1c(=O)n(C)c(=O)n2C. The number of carbonyl (C=O) groups is 1. The summed E-state index contributed by atoms with van der Waals surface area (Å²) in [5.74, 6) is -0.243. The van der Waals surface area contributed by atoms with Crippen molar-refractivity contribution in [2.24, 2.45) is 14.1 Å². The molecule has 2 aromatic carbocycles. The molecule has 1 aliphatic heterocycles. The topological polar surface area (TPSA) is 77.2 Å². The normalized spacial score (nSPS) is 12.9.